The fourth-order valence-corrected chi connectivity index (χ4v) is 1.87. The smallest absolute Gasteiger partial charge is 0.406 e. The van der Waals surface area contributed by atoms with Crippen LogP contribution in [0.4, 0.5) is 23.2 Å². The third-order valence-electron chi connectivity index (χ3n) is 2.82. The van der Waals surface area contributed by atoms with Gasteiger partial charge < -0.3 is 10.1 Å². The van der Waals surface area contributed by atoms with Crippen molar-refractivity contribution in [3.8, 4) is 5.75 Å². The van der Waals surface area contributed by atoms with E-state index in [-0.39, 0.29) is 17.6 Å². The van der Waals surface area contributed by atoms with Gasteiger partial charge in [0.05, 0.1) is 0 Å². The molecule has 112 valence electrons. The van der Waals surface area contributed by atoms with Gasteiger partial charge in [-0.25, -0.2) is 4.39 Å². The summed E-state index contributed by atoms with van der Waals surface area (Å²) in [6.07, 6.45) is -4.70. The van der Waals surface area contributed by atoms with Gasteiger partial charge in [0.25, 0.3) is 0 Å². The molecule has 2 aromatic carbocycles. The van der Waals surface area contributed by atoms with Crippen LogP contribution in [0.2, 0.25) is 0 Å². The number of hydrogen-bond donors (Lipinski definition) is 1. The highest BCUT2D eigenvalue weighted by molar-refractivity contribution is 5.45. The highest BCUT2D eigenvalue weighted by Gasteiger charge is 2.30. The molecular formula is C15H13F4NO. The standard InChI is InChI=1S/C15H13F4NO/c1-10(20-13-4-2-3-12(16)9-13)11-5-7-14(8-6-11)21-15(17,18)19/h2-10,20H,1H3. The van der Waals surface area contributed by atoms with Crippen LogP contribution in [0.1, 0.15) is 18.5 Å². The van der Waals surface area contributed by atoms with Crippen LogP contribution in [-0.4, -0.2) is 6.36 Å². The summed E-state index contributed by atoms with van der Waals surface area (Å²) in [7, 11) is 0. The molecule has 0 radical (unpaired) electrons. The first-order valence-electron chi connectivity index (χ1n) is 6.21. The van der Waals surface area contributed by atoms with Gasteiger partial charge in [0, 0.05) is 11.7 Å². The van der Waals surface area contributed by atoms with Crippen LogP contribution in [-0.2, 0) is 0 Å². The van der Waals surface area contributed by atoms with Gasteiger partial charge in [-0.2, -0.15) is 0 Å². The van der Waals surface area contributed by atoms with E-state index in [1.807, 2.05) is 6.92 Å². The monoisotopic (exact) mass is 299 g/mol. The first kappa shape index (κ1) is 15.2. The van der Waals surface area contributed by atoms with Crippen LogP contribution in [0.3, 0.4) is 0 Å². The van der Waals surface area contributed by atoms with Crippen LogP contribution in [0.15, 0.2) is 48.5 Å². The molecule has 0 aliphatic rings. The quantitative estimate of drug-likeness (QED) is 0.811. The lowest BCUT2D eigenvalue weighted by atomic mass is 10.1. The number of ether oxygens (including phenoxy) is 1. The highest BCUT2D eigenvalue weighted by atomic mass is 19.4. The molecule has 0 heterocycles. The predicted octanol–water partition coefficient (Wildman–Crippen LogP) is 4.90. The molecule has 0 aliphatic carbocycles. The summed E-state index contributed by atoms with van der Waals surface area (Å²) in [4.78, 5) is 0. The van der Waals surface area contributed by atoms with Crippen molar-refractivity contribution in [2.24, 2.45) is 0 Å². The normalized spacial score (nSPS) is 12.8. The Kier molecular flexibility index (Phi) is 4.35. The molecule has 0 bridgehead atoms. The molecule has 2 rings (SSSR count). The van der Waals surface area contributed by atoms with E-state index >= 15 is 0 Å². The van der Waals surface area contributed by atoms with E-state index in [1.54, 1.807) is 12.1 Å². The average Bonchev–Trinajstić information content (AvgIpc) is 2.37. The van der Waals surface area contributed by atoms with Gasteiger partial charge in [-0.15, -0.1) is 13.2 Å². The molecule has 0 saturated carbocycles. The molecule has 0 saturated heterocycles. The van der Waals surface area contributed by atoms with Gasteiger partial charge in [-0.05, 0) is 42.8 Å². The number of halogens is 4. The second-order valence-corrected chi connectivity index (χ2v) is 4.49. The zero-order chi connectivity index (χ0) is 15.5. The zero-order valence-corrected chi connectivity index (χ0v) is 11.1. The number of nitrogens with one attached hydrogen (secondary N) is 1. The number of benzene rings is 2. The maximum atomic E-state index is 13.1. The fourth-order valence-electron chi connectivity index (χ4n) is 1.87. The van der Waals surface area contributed by atoms with Crippen molar-refractivity contribution >= 4 is 5.69 Å². The number of anilines is 1. The summed E-state index contributed by atoms with van der Waals surface area (Å²) < 4.78 is 53.0. The minimum Gasteiger partial charge on any atom is -0.406 e. The lowest BCUT2D eigenvalue weighted by molar-refractivity contribution is -0.274. The summed E-state index contributed by atoms with van der Waals surface area (Å²) in [6.45, 7) is 1.82. The van der Waals surface area contributed by atoms with Crippen LogP contribution in [0.5, 0.6) is 5.75 Å². The number of rotatable bonds is 4. The van der Waals surface area contributed by atoms with Crippen LogP contribution in [0.25, 0.3) is 0 Å². The SMILES string of the molecule is CC(Nc1cccc(F)c1)c1ccc(OC(F)(F)F)cc1. The largest absolute Gasteiger partial charge is 0.573 e. The Balaban J connectivity index is 2.04. The zero-order valence-electron chi connectivity index (χ0n) is 11.1. The number of hydrogen-bond acceptors (Lipinski definition) is 2. The molecule has 1 unspecified atom stereocenters. The van der Waals surface area contributed by atoms with Crippen LogP contribution >= 0.6 is 0 Å². The van der Waals surface area contributed by atoms with E-state index in [0.717, 1.165) is 5.56 Å². The maximum Gasteiger partial charge on any atom is 0.573 e. The topological polar surface area (TPSA) is 21.3 Å². The molecule has 6 heteroatoms. The molecule has 0 spiro atoms. The molecule has 2 nitrogen and oxygen atoms in total. The molecular weight excluding hydrogens is 286 g/mol. The first-order chi connectivity index (χ1) is 9.83. The van der Waals surface area contributed by atoms with E-state index in [1.165, 1.54) is 36.4 Å². The lowest BCUT2D eigenvalue weighted by Crippen LogP contribution is -2.17. The predicted molar refractivity (Wildman–Crippen MR) is 71.6 cm³/mol. The van der Waals surface area contributed by atoms with Crippen molar-refractivity contribution in [2.45, 2.75) is 19.3 Å². The summed E-state index contributed by atoms with van der Waals surface area (Å²) in [5, 5.41) is 3.06. The van der Waals surface area contributed by atoms with Crippen LogP contribution in [0, 0.1) is 5.82 Å². The summed E-state index contributed by atoms with van der Waals surface area (Å²) in [6, 6.07) is 11.3. The Morgan fingerprint density at radius 1 is 1.05 bits per heavy atom. The van der Waals surface area contributed by atoms with Gasteiger partial charge >= 0.3 is 6.36 Å². The second kappa shape index (κ2) is 6.03. The summed E-state index contributed by atoms with van der Waals surface area (Å²) in [5.74, 6) is -0.634. The maximum absolute atomic E-state index is 13.1. The van der Waals surface area contributed by atoms with Gasteiger partial charge in [0.1, 0.15) is 11.6 Å². The third-order valence-corrected chi connectivity index (χ3v) is 2.82. The first-order valence-corrected chi connectivity index (χ1v) is 6.21. The summed E-state index contributed by atoms with van der Waals surface area (Å²) >= 11 is 0. The third kappa shape index (κ3) is 4.66. The van der Waals surface area contributed by atoms with Gasteiger partial charge in [-0.1, -0.05) is 18.2 Å². The molecule has 1 atom stereocenters. The summed E-state index contributed by atoms with van der Waals surface area (Å²) in [5.41, 5.74) is 1.35. The lowest BCUT2D eigenvalue weighted by Gasteiger charge is -2.16. The molecule has 0 aromatic heterocycles. The van der Waals surface area contributed by atoms with Crippen molar-refractivity contribution in [3.63, 3.8) is 0 Å². The Morgan fingerprint density at radius 2 is 1.71 bits per heavy atom. The van der Waals surface area contributed by atoms with Crippen molar-refractivity contribution in [1.82, 2.24) is 0 Å². The van der Waals surface area contributed by atoms with Crippen molar-refractivity contribution in [1.29, 1.82) is 0 Å². The van der Waals surface area contributed by atoms with E-state index in [2.05, 4.69) is 10.1 Å². The highest BCUT2D eigenvalue weighted by Crippen LogP contribution is 2.25. The van der Waals surface area contributed by atoms with Crippen LogP contribution < -0.4 is 10.1 Å². The molecule has 0 amide bonds. The second-order valence-electron chi connectivity index (χ2n) is 4.49. The Hall–Kier alpha value is -2.24. The Morgan fingerprint density at radius 3 is 2.29 bits per heavy atom. The van der Waals surface area contributed by atoms with E-state index in [0.29, 0.717) is 5.69 Å². The van der Waals surface area contributed by atoms with E-state index < -0.39 is 6.36 Å². The van der Waals surface area contributed by atoms with E-state index in [9.17, 15) is 17.6 Å². The fraction of sp³-hybridized carbons (Fsp3) is 0.200. The molecule has 21 heavy (non-hydrogen) atoms. The van der Waals surface area contributed by atoms with Gasteiger partial charge in [0.15, 0.2) is 0 Å². The molecule has 2 aromatic rings. The minimum atomic E-state index is -4.70. The molecule has 1 N–H and O–H groups in total. The minimum absolute atomic E-state index is 0.188. The van der Waals surface area contributed by atoms with Crippen molar-refractivity contribution in [2.75, 3.05) is 5.32 Å². The van der Waals surface area contributed by atoms with Crippen molar-refractivity contribution in [3.05, 3.63) is 59.9 Å². The number of alkyl halides is 3. The molecule has 0 fully saturated rings. The van der Waals surface area contributed by atoms with E-state index in [4.69, 9.17) is 0 Å². The van der Waals surface area contributed by atoms with Crippen molar-refractivity contribution < 1.29 is 22.3 Å². The Bertz CT molecular complexity index is 595. The average molecular weight is 299 g/mol. The Labute approximate surface area is 119 Å². The molecule has 0 aliphatic heterocycles. The van der Waals surface area contributed by atoms with Gasteiger partial charge in [-0.3, -0.25) is 0 Å². The van der Waals surface area contributed by atoms with Gasteiger partial charge in [0.2, 0.25) is 0 Å².